The molecule has 0 saturated carbocycles. The van der Waals surface area contributed by atoms with Gasteiger partial charge in [-0.25, -0.2) is 0 Å². The summed E-state index contributed by atoms with van der Waals surface area (Å²) < 4.78 is 0. The molecule has 0 bridgehead atoms. The summed E-state index contributed by atoms with van der Waals surface area (Å²) in [6.07, 6.45) is -2.41. The van der Waals surface area contributed by atoms with E-state index in [-0.39, 0.29) is 25.7 Å². The average molecular weight is 1070 g/mol. The van der Waals surface area contributed by atoms with Gasteiger partial charge in [-0.3, -0.25) is 57.5 Å². The minimum Gasteiger partial charge on any atom is -0.481 e. The summed E-state index contributed by atoms with van der Waals surface area (Å²) in [6.45, 7) is 6.57. The van der Waals surface area contributed by atoms with Crippen LogP contribution >= 0.6 is 0 Å². The maximum absolute atomic E-state index is 14.0. The van der Waals surface area contributed by atoms with Gasteiger partial charge in [-0.2, -0.15) is 0 Å². The number of aliphatic carboxylic acids is 3. The number of nitrogens with two attached hydrogens (primary N) is 1. The molecule has 2 aromatic carbocycles. The standard InChI is InChI=1S/C50H70N10O16/c1-6-27(2)42(60-44(70)30(5)54-45(71)33(51)17-20-39(63)64)50(76)59-36(23-31-13-9-7-10-14-31)46(72)52-25-38(62)56-34(18-21-40(65)66)48(74)58-37(24-32-15-11-8-12-16-32)49(75)57-35(19-22-41(67)68)47(73)55-29(4)43(69)53-28(3)26-61/h7-16,26-30,33-37,42H,6,17-25,51H2,1-5H3,(H,52,72)(H,53,69)(H,54,71)(H,55,73)(H,56,62)(H,57,75)(H,58,74)(H,59,76)(H,60,70)(H,63,64)(H,65,66)(H,67,68). The maximum Gasteiger partial charge on any atom is 0.303 e. The minimum atomic E-state index is -1.65. The third-order valence-electron chi connectivity index (χ3n) is 11.7. The number of hydrogen-bond donors (Lipinski definition) is 13. The van der Waals surface area contributed by atoms with Gasteiger partial charge < -0.3 is 73.7 Å². The van der Waals surface area contributed by atoms with Gasteiger partial charge in [0.1, 0.15) is 48.6 Å². The number of carbonyl (C=O) groups is 13. The molecule has 9 amide bonds. The van der Waals surface area contributed by atoms with Crippen LogP contribution in [0.4, 0.5) is 0 Å². The van der Waals surface area contributed by atoms with Crippen molar-refractivity contribution in [3.63, 3.8) is 0 Å². The van der Waals surface area contributed by atoms with Gasteiger partial charge >= 0.3 is 17.9 Å². The lowest BCUT2D eigenvalue weighted by molar-refractivity contribution is -0.139. The van der Waals surface area contributed by atoms with Crippen LogP contribution in [0.3, 0.4) is 0 Å². The predicted octanol–water partition coefficient (Wildman–Crippen LogP) is -2.31. The van der Waals surface area contributed by atoms with Crippen LogP contribution in [0.25, 0.3) is 0 Å². The van der Waals surface area contributed by atoms with Crippen molar-refractivity contribution in [3.05, 3.63) is 71.8 Å². The van der Waals surface area contributed by atoms with E-state index in [0.717, 1.165) is 0 Å². The smallest absolute Gasteiger partial charge is 0.303 e. The van der Waals surface area contributed by atoms with E-state index < -0.39 is 164 Å². The monoisotopic (exact) mass is 1070 g/mol. The Morgan fingerprint density at radius 1 is 0.487 bits per heavy atom. The van der Waals surface area contributed by atoms with Crippen molar-refractivity contribution in [1.29, 1.82) is 0 Å². The van der Waals surface area contributed by atoms with Gasteiger partial charge in [0.05, 0.1) is 18.6 Å². The van der Waals surface area contributed by atoms with E-state index >= 15 is 0 Å². The molecule has 2 rings (SSSR count). The molecule has 26 heteroatoms. The first-order valence-electron chi connectivity index (χ1n) is 24.5. The summed E-state index contributed by atoms with van der Waals surface area (Å²) in [4.78, 5) is 166. The van der Waals surface area contributed by atoms with Crippen molar-refractivity contribution in [2.24, 2.45) is 11.7 Å². The number of benzene rings is 2. The molecule has 14 N–H and O–H groups in total. The highest BCUT2D eigenvalue weighted by atomic mass is 16.4. The van der Waals surface area contributed by atoms with Crippen molar-refractivity contribution in [2.75, 3.05) is 6.54 Å². The van der Waals surface area contributed by atoms with Gasteiger partial charge in [-0.15, -0.1) is 0 Å². The third kappa shape index (κ3) is 23.7. The fraction of sp³-hybridized carbons (Fsp3) is 0.500. The Hall–Kier alpha value is -8.29. The molecule has 0 aliphatic heterocycles. The van der Waals surface area contributed by atoms with E-state index in [9.17, 15) is 72.5 Å². The van der Waals surface area contributed by atoms with Gasteiger partial charge in [0.15, 0.2) is 0 Å². The fourth-order valence-electron chi connectivity index (χ4n) is 7.07. The molecule has 0 saturated heterocycles. The third-order valence-corrected chi connectivity index (χ3v) is 11.7. The second-order valence-corrected chi connectivity index (χ2v) is 18.1. The van der Waals surface area contributed by atoms with Crippen molar-refractivity contribution < 1.29 is 77.6 Å². The highest BCUT2D eigenvalue weighted by molar-refractivity contribution is 5.98. The molecule has 10 atom stereocenters. The van der Waals surface area contributed by atoms with Crippen LogP contribution in [0.5, 0.6) is 0 Å². The number of carboxylic acid groups (broad SMARTS) is 3. The predicted molar refractivity (Wildman–Crippen MR) is 270 cm³/mol. The lowest BCUT2D eigenvalue weighted by atomic mass is 9.96. The normalized spacial score (nSPS) is 14.8. The second-order valence-electron chi connectivity index (χ2n) is 18.1. The first kappa shape index (κ1) is 63.8. The number of aldehydes is 1. The number of amides is 9. The van der Waals surface area contributed by atoms with Crippen molar-refractivity contribution >= 4 is 77.4 Å². The molecular formula is C50H70N10O16. The SMILES string of the molecule is CCC(C)C(NC(=O)C(C)NC(=O)C(N)CCC(=O)O)C(=O)NC(Cc1ccccc1)C(=O)NCC(=O)NC(CCC(=O)O)C(=O)NC(Cc1ccccc1)C(=O)NC(CCC(=O)O)C(=O)NC(C)C(=O)NC(C)C=O. The largest absolute Gasteiger partial charge is 0.481 e. The molecule has 0 spiro atoms. The summed E-state index contributed by atoms with van der Waals surface area (Å²) >= 11 is 0. The zero-order valence-corrected chi connectivity index (χ0v) is 42.9. The first-order chi connectivity index (χ1) is 35.8. The van der Waals surface area contributed by atoms with E-state index in [1.807, 2.05) is 0 Å². The van der Waals surface area contributed by atoms with Gasteiger partial charge in [0, 0.05) is 32.1 Å². The van der Waals surface area contributed by atoms with Crippen LogP contribution in [0, 0.1) is 5.92 Å². The van der Waals surface area contributed by atoms with E-state index in [4.69, 9.17) is 10.8 Å². The molecule has 76 heavy (non-hydrogen) atoms. The van der Waals surface area contributed by atoms with Gasteiger partial charge in [-0.05, 0) is 57.1 Å². The molecule has 0 aliphatic carbocycles. The molecule has 0 aliphatic rings. The van der Waals surface area contributed by atoms with Crippen LogP contribution in [-0.4, -0.2) is 154 Å². The molecule has 10 unspecified atom stereocenters. The number of carboxylic acids is 3. The number of hydrogen-bond acceptors (Lipinski definition) is 14. The topological polar surface area (TPSA) is 417 Å². The van der Waals surface area contributed by atoms with Gasteiger partial charge in [0.2, 0.25) is 53.2 Å². The van der Waals surface area contributed by atoms with Crippen LogP contribution in [0.15, 0.2) is 60.7 Å². The Morgan fingerprint density at radius 3 is 1.38 bits per heavy atom. The van der Waals surface area contributed by atoms with Crippen LogP contribution < -0.4 is 53.6 Å². The van der Waals surface area contributed by atoms with Crippen LogP contribution in [0.1, 0.15) is 90.7 Å². The quantitative estimate of drug-likeness (QED) is 0.0328. The van der Waals surface area contributed by atoms with Crippen LogP contribution in [0.2, 0.25) is 0 Å². The van der Waals surface area contributed by atoms with Crippen molar-refractivity contribution in [2.45, 2.75) is 147 Å². The molecule has 0 heterocycles. The highest BCUT2D eigenvalue weighted by Crippen LogP contribution is 2.12. The fourth-order valence-corrected chi connectivity index (χ4v) is 7.07. The number of rotatable bonds is 34. The van der Waals surface area contributed by atoms with E-state index in [0.29, 0.717) is 23.8 Å². The van der Waals surface area contributed by atoms with E-state index in [1.54, 1.807) is 74.5 Å². The van der Waals surface area contributed by atoms with Crippen LogP contribution in [-0.2, 0) is 75.2 Å². The lowest BCUT2D eigenvalue weighted by Gasteiger charge is -2.28. The molecule has 26 nitrogen and oxygen atoms in total. The first-order valence-corrected chi connectivity index (χ1v) is 24.5. The van der Waals surface area contributed by atoms with Crippen molar-refractivity contribution in [3.8, 4) is 0 Å². The molecule has 0 radical (unpaired) electrons. The van der Waals surface area contributed by atoms with E-state index in [2.05, 4.69) is 47.9 Å². The average Bonchev–Trinajstić information content (AvgIpc) is 3.38. The number of nitrogens with one attached hydrogen (secondary N) is 9. The lowest BCUT2D eigenvalue weighted by Crippen LogP contribution is -2.60. The molecule has 2 aromatic rings. The van der Waals surface area contributed by atoms with E-state index in [1.165, 1.54) is 20.8 Å². The summed E-state index contributed by atoms with van der Waals surface area (Å²) in [6, 6.07) is 4.53. The summed E-state index contributed by atoms with van der Waals surface area (Å²) in [5.74, 6) is -12.5. The van der Waals surface area contributed by atoms with Gasteiger partial charge in [-0.1, -0.05) is 80.9 Å². The minimum absolute atomic E-state index is 0.121. The molecule has 0 fully saturated rings. The second kappa shape index (κ2) is 32.8. The Bertz CT molecular complexity index is 2360. The summed E-state index contributed by atoms with van der Waals surface area (Å²) in [5.41, 5.74) is 6.83. The molecule has 0 aromatic heterocycles. The summed E-state index contributed by atoms with van der Waals surface area (Å²) in [7, 11) is 0. The number of carbonyl (C=O) groups excluding carboxylic acids is 10. The Labute approximate surface area is 438 Å². The zero-order chi connectivity index (χ0) is 57.1. The molecule has 416 valence electrons. The Balaban J connectivity index is 2.35. The molecular weight excluding hydrogens is 997 g/mol. The Kier molecular flexibility index (Phi) is 27.5. The zero-order valence-electron chi connectivity index (χ0n) is 42.9. The maximum atomic E-state index is 14.0. The summed E-state index contributed by atoms with van der Waals surface area (Å²) in [5, 5.41) is 49.8. The van der Waals surface area contributed by atoms with Gasteiger partial charge in [0.25, 0.3) is 0 Å². The Morgan fingerprint density at radius 2 is 0.895 bits per heavy atom. The highest BCUT2D eigenvalue weighted by Gasteiger charge is 2.34. The van der Waals surface area contributed by atoms with Crippen molar-refractivity contribution in [1.82, 2.24) is 47.9 Å².